The van der Waals surface area contributed by atoms with Gasteiger partial charge in [0.15, 0.2) is 0 Å². The molecule has 1 aliphatic rings. The smallest absolute Gasteiger partial charge is 0.139 e. The molecule has 0 heterocycles. The molecule has 0 bridgehead atoms. The third-order valence-electron chi connectivity index (χ3n) is 4.05. The zero-order valence-corrected chi connectivity index (χ0v) is 10.0. The molecule has 0 amide bonds. The molecule has 0 radical (unpaired) electrons. The van der Waals surface area contributed by atoms with E-state index in [0.717, 1.165) is 25.7 Å². The highest BCUT2D eigenvalue weighted by Crippen LogP contribution is 2.54. The fourth-order valence-electron chi connectivity index (χ4n) is 2.93. The summed E-state index contributed by atoms with van der Waals surface area (Å²) in [6, 6.07) is 4.42. The van der Waals surface area contributed by atoms with Crippen molar-refractivity contribution in [3.05, 3.63) is 0 Å². The number of rotatable bonds is 1. The number of hydrogen-bond donors (Lipinski definition) is 0. The fourth-order valence-corrected chi connectivity index (χ4v) is 2.93. The molecule has 1 aliphatic carbocycles. The van der Waals surface area contributed by atoms with Crippen molar-refractivity contribution in [2.24, 2.45) is 16.7 Å². The minimum atomic E-state index is -0.446. The highest BCUT2D eigenvalue weighted by molar-refractivity contribution is 5.13. The largest absolute Gasteiger partial charge is 0.197 e. The molecule has 1 saturated carbocycles. The third kappa shape index (κ3) is 2.00. The first-order chi connectivity index (χ1) is 6.98. The Hall–Kier alpha value is -1.02. The lowest BCUT2D eigenvalue weighted by molar-refractivity contribution is 0.0176. The molecule has 15 heavy (non-hydrogen) atoms. The Kier molecular flexibility index (Phi) is 3.40. The highest BCUT2D eigenvalue weighted by Gasteiger charge is 2.48. The molecule has 2 heteroatoms. The Labute approximate surface area is 92.9 Å². The lowest BCUT2D eigenvalue weighted by atomic mass is 9.54. The van der Waals surface area contributed by atoms with E-state index in [1.807, 2.05) is 0 Å². The van der Waals surface area contributed by atoms with Crippen LogP contribution < -0.4 is 0 Å². The maximum atomic E-state index is 9.13. The summed E-state index contributed by atoms with van der Waals surface area (Å²) >= 11 is 0. The molecule has 0 atom stereocenters. The van der Waals surface area contributed by atoms with Crippen molar-refractivity contribution in [3.8, 4) is 12.1 Å². The molecule has 1 rings (SSSR count). The van der Waals surface area contributed by atoms with Crippen LogP contribution in [-0.4, -0.2) is 0 Å². The molecule has 0 unspecified atom stereocenters. The Morgan fingerprint density at radius 2 is 1.47 bits per heavy atom. The zero-order chi connectivity index (χ0) is 11.5. The van der Waals surface area contributed by atoms with Crippen molar-refractivity contribution in [1.29, 1.82) is 10.5 Å². The highest BCUT2D eigenvalue weighted by atomic mass is 14.5. The van der Waals surface area contributed by atoms with E-state index < -0.39 is 5.92 Å². The van der Waals surface area contributed by atoms with Gasteiger partial charge in [-0.2, -0.15) is 10.5 Å². The molecule has 0 aliphatic heterocycles. The second kappa shape index (κ2) is 4.23. The van der Waals surface area contributed by atoms with Crippen molar-refractivity contribution >= 4 is 0 Å². The van der Waals surface area contributed by atoms with Gasteiger partial charge in [-0.15, -0.1) is 0 Å². The van der Waals surface area contributed by atoms with E-state index in [4.69, 9.17) is 10.5 Å². The van der Waals surface area contributed by atoms with Gasteiger partial charge in [0.25, 0.3) is 0 Å². The normalized spacial score (nSPS) is 20.7. The van der Waals surface area contributed by atoms with Gasteiger partial charge in [0, 0.05) is 5.41 Å². The first-order valence-corrected chi connectivity index (χ1v) is 5.77. The summed E-state index contributed by atoms with van der Waals surface area (Å²) in [7, 11) is 0. The Bertz CT molecular complexity index is 278. The maximum absolute atomic E-state index is 9.13. The van der Waals surface area contributed by atoms with Gasteiger partial charge in [-0.3, -0.25) is 0 Å². The van der Waals surface area contributed by atoms with E-state index in [1.54, 1.807) is 0 Å². The molecule has 1 fully saturated rings. The summed E-state index contributed by atoms with van der Waals surface area (Å²) in [5.74, 6) is -0.446. The first kappa shape index (κ1) is 12.1. The lowest BCUT2D eigenvalue weighted by Crippen LogP contribution is -2.43. The topological polar surface area (TPSA) is 47.6 Å². The van der Waals surface area contributed by atoms with Crippen molar-refractivity contribution in [3.63, 3.8) is 0 Å². The van der Waals surface area contributed by atoms with Gasteiger partial charge < -0.3 is 0 Å². The van der Waals surface area contributed by atoms with Gasteiger partial charge in [-0.05, 0) is 18.3 Å². The van der Waals surface area contributed by atoms with Crippen LogP contribution in [0.15, 0.2) is 0 Å². The van der Waals surface area contributed by atoms with Crippen LogP contribution in [0.1, 0.15) is 52.9 Å². The second-order valence-electron chi connectivity index (χ2n) is 5.66. The average molecular weight is 204 g/mol. The van der Waals surface area contributed by atoms with Crippen LogP contribution in [-0.2, 0) is 0 Å². The average Bonchev–Trinajstić information content (AvgIpc) is 2.19. The standard InChI is InChI=1S/C13H20N2/c1-12(2,3)13(11(9-14)10-15)7-5-4-6-8-13/h11H,4-8H2,1-3H3. The summed E-state index contributed by atoms with van der Waals surface area (Å²) in [5.41, 5.74) is -0.0434. The molecule has 0 aromatic rings. The zero-order valence-electron chi connectivity index (χ0n) is 10.0. The van der Waals surface area contributed by atoms with E-state index in [2.05, 4.69) is 32.9 Å². The molecule has 0 spiro atoms. The first-order valence-electron chi connectivity index (χ1n) is 5.77. The predicted molar refractivity (Wildman–Crippen MR) is 59.7 cm³/mol. The van der Waals surface area contributed by atoms with Crippen LogP contribution >= 0.6 is 0 Å². The summed E-state index contributed by atoms with van der Waals surface area (Å²) in [4.78, 5) is 0. The van der Waals surface area contributed by atoms with Crippen LogP contribution in [0.25, 0.3) is 0 Å². The Balaban J connectivity index is 3.07. The lowest BCUT2D eigenvalue weighted by Gasteiger charge is -2.48. The van der Waals surface area contributed by atoms with Gasteiger partial charge in [-0.1, -0.05) is 40.0 Å². The number of hydrogen-bond acceptors (Lipinski definition) is 2. The van der Waals surface area contributed by atoms with Crippen molar-refractivity contribution in [1.82, 2.24) is 0 Å². The van der Waals surface area contributed by atoms with Crippen LogP contribution in [0.4, 0.5) is 0 Å². The minimum absolute atomic E-state index is 0.0452. The second-order valence-corrected chi connectivity index (χ2v) is 5.66. The third-order valence-corrected chi connectivity index (χ3v) is 4.05. The van der Waals surface area contributed by atoms with E-state index in [-0.39, 0.29) is 10.8 Å². The molecule has 0 aromatic carbocycles. The van der Waals surface area contributed by atoms with Crippen molar-refractivity contribution < 1.29 is 0 Å². The summed E-state index contributed by atoms with van der Waals surface area (Å²) in [5, 5.41) is 18.3. The van der Waals surface area contributed by atoms with Gasteiger partial charge in [0.05, 0.1) is 12.1 Å². The van der Waals surface area contributed by atoms with Crippen LogP contribution in [0, 0.1) is 39.4 Å². The Morgan fingerprint density at radius 3 is 1.80 bits per heavy atom. The number of nitrogens with zero attached hydrogens (tertiary/aromatic N) is 2. The molecular weight excluding hydrogens is 184 g/mol. The monoisotopic (exact) mass is 204 g/mol. The van der Waals surface area contributed by atoms with Crippen LogP contribution in [0.5, 0.6) is 0 Å². The molecule has 0 N–H and O–H groups in total. The minimum Gasteiger partial charge on any atom is -0.197 e. The van der Waals surface area contributed by atoms with Gasteiger partial charge in [0.1, 0.15) is 5.92 Å². The Morgan fingerprint density at radius 1 is 1.00 bits per heavy atom. The number of nitriles is 2. The van der Waals surface area contributed by atoms with Crippen LogP contribution in [0.2, 0.25) is 0 Å². The van der Waals surface area contributed by atoms with Crippen molar-refractivity contribution in [2.45, 2.75) is 52.9 Å². The molecule has 2 nitrogen and oxygen atoms in total. The van der Waals surface area contributed by atoms with Gasteiger partial charge in [-0.25, -0.2) is 0 Å². The van der Waals surface area contributed by atoms with E-state index in [1.165, 1.54) is 6.42 Å². The molecular formula is C13H20N2. The summed E-state index contributed by atoms with van der Waals surface area (Å²) in [6.45, 7) is 6.50. The maximum Gasteiger partial charge on any atom is 0.139 e. The van der Waals surface area contributed by atoms with Gasteiger partial charge in [0.2, 0.25) is 0 Å². The van der Waals surface area contributed by atoms with Gasteiger partial charge >= 0.3 is 0 Å². The molecule has 0 aromatic heterocycles. The SMILES string of the molecule is CC(C)(C)C1(C(C#N)C#N)CCCCC1. The van der Waals surface area contributed by atoms with E-state index in [0.29, 0.717) is 0 Å². The van der Waals surface area contributed by atoms with Crippen molar-refractivity contribution in [2.75, 3.05) is 0 Å². The van der Waals surface area contributed by atoms with Crippen LogP contribution in [0.3, 0.4) is 0 Å². The fraction of sp³-hybridized carbons (Fsp3) is 0.846. The quantitative estimate of drug-likeness (QED) is 0.654. The van der Waals surface area contributed by atoms with E-state index >= 15 is 0 Å². The molecule has 0 saturated heterocycles. The summed E-state index contributed by atoms with van der Waals surface area (Å²) < 4.78 is 0. The molecule has 82 valence electrons. The predicted octanol–water partition coefficient (Wildman–Crippen LogP) is 3.65. The van der Waals surface area contributed by atoms with E-state index in [9.17, 15) is 0 Å². The summed E-state index contributed by atoms with van der Waals surface area (Å²) in [6.07, 6.45) is 5.64.